The summed E-state index contributed by atoms with van der Waals surface area (Å²) in [6.45, 7) is 15.8. The number of benzene rings is 1. The van der Waals surface area contributed by atoms with Gasteiger partial charge in [0, 0.05) is 51.4 Å². The lowest BCUT2D eigenvalue weighted by Crippen LogP contribution is -2.61. The zero-order chi connectivity index (χ0) is 50.3. The Morgan fingerprint density at radius 3 is 2.31 bits per heavy atom. The third kappa shape index (κ3) is 15.0. The SMILES string of the molecule is C=COC(=O)Oc1ccc(C[C@@H](C)[C@@H]2CC(=O)[C@H](C)/C=C(\C)[C@@H](O)[C@@H](OC)C(=O)[C@H](C)C[C@H](C)/C=C/C=C/C=C(\C)[C@@H](OC)C[C@@H]3CC[C@@H](C)[C@@](O)(O3)C(=O)C(=O)N3CCCC[C@H]3C(=O)O2)cc1. The van der Waals surface area contributed by atoms with Crippen LogP contribution in [0.3, 0.4) is 0 Å². The molecule has 1 amide bonds. The molecule has 0 aromatic heterocycles. The Bertz CT molecular complexity index is 2060. The number of piperidine rings is 1. The van der Waals surface area contributed by atoms with Crippen LogP contribution in [0.4, 0.5) is 4.79 Å². The minimum atomic E-state index is -2.46. The maximum Gasteiger partial charge on any atom is 0.518 e. The first-order valence-corrected chi connectivity index (χ1v) is 23.8. The second-order valence-electron chi connectivity index (χ2n) is 18.8. The van der Waals surface area contributed by atoms with Crippen LogP contribution < -0.4 is 4.74 Å². The summed E-state index contributed by atoms with van der Waals surface area (Å²) in [5, 5.41) is 23.4. The first-order chi connectivity index (χ1) is 32.2. The molecular weight excluding hydrogens is 875 g/mol. The number of amides is 1. The molecule has 0 spiro atoms. The smallest absolute Gasteiger partial charge is 0.460 e. The van der Waals surface area contributed by atoms with Crippen molar-refractivity contribution in [3.8, 4) is 5.75 Å². The highest BCUT2D eigenvalue weighted by molar-refractivity contribution is 6.39. The van der Waals surface area contributed by atoms with Gasteiger partial charge in [-0.1, -0.05) is 89.8 Å². The van der Waals surface area contributed by atoms with Crippen LogP contribution in [0, 0.1) is 29.6 Å². The molecule has 0 saturated carbocycles. The molecule has 2 bridgehead atoms. The van der Waals surface area contributed by atoms with Crippen LogP contribution in [-0.4, -0.2) is 114 Å². The maximum absolute atomic E-state index is 14.4. The van der Waals surface area contributed by atoms with Crippen molar-refractivity contribution >= 4 is 35.4 Å². The fraction of sp³-hybridized carbons (Fsp3) is 0.585. The summed E-state index contributed by atoms with van der Waals surface area (Å²) >= 11 is 0. The van der Waals surface area contributed by atoms with Gasteiger partial charge in [-0.15, -0.1) is 0 Å². The number of cyclic esters (lactones) is 1. The largest absolute Gasteiger partial charge is 0.518 e. The topological polar surface area (TPSA) is 201 Å². The highest BCUT2D eigenvalue weighted by Gasteiger charge is 2.53. The average molecular weight is 948 g/mol. The number of fused-ring (bicyclic) bond motifs is 3. The number of Topliss-reactive ketones (excluding diaryl/α,β-unsaturated/α-hetero) is 3. The number of esters is 1. The first kappa shape index (κ1) is 55.5. The number of ketones is 3. The van der Waals surface area contributed by atoms with Gasteiger partial charge in [0.2, 0.25) is 5.79 Å². The predicted octanol–water partition coefficient (Wildman–Crippen LogP) is 7.52. The Labute approximate surface area is 401 Å². The van der Waals surface area contributed by atoms with Crippen LogP contribution in [0.5, 0.6) is 5.75 Å². The number of allylic oxidation sites excluding steroid dienone is 6. The van der Waals surface area contributed by atoms with Gasteiger partial charge in [0.05, 0.1) is 18.5 Å². The molecule has 3 aliphatic heterocycles. The number of carbonyl (C=O) groups is 6. The zero-order valence-corrected chi connectivity index (χ0v) is 41.2. The second kappa shape index (κ2) is 26.1. The summed E-state index contributed by atoms with van der Waals surface area (Å²) in [5.74, 6) is -8.36. The number of hydrogen-bond acceptors (Lipinski definition) is 14. The van der Waals surface area contributed by atoms with Gasteiger partial charge in [0.25, 0.3) is 11.7 Å². The summed E-state index contributed by atoms with van der Waals surface area (Å²) in [4.78, 5) is 83.6. The minimum Gasteiger partial charge on any atom is -0.460 e. The van der Waals surface area contributed by atoms with Gasteiger partial charge in [0.1, 0.15) is 35.9 Å². The van der Waals surface area contributed by atoms with Crippen molar-refractivity contribution in [2.75, 3.05) is 20.8 Å². The molecule has 3 aliphatic rings. The molecule has 1 aromatic carbocycles. The Hall–Kier alpha value is -5.06. The number of aliphatic hydroxyl groups excluding tert-OH is 1. The lowest BCUT2D eigenvalue weighted by Gasteiger charge is -2.42. The molecule has 3 heterocycles. The quantitative estimate of drug-likeness (QED) is 0.0894. The van der Waals surface area contributed by atoms with Crippen LogP contribution in [0.25, 0.3) is 0 Å². The minimum absolute atomic E-state index is 0.00119. The van der Waals surface area contributed by atoms with Crippen molar-refractivity contribution in [1.82, 2.24) is 4.90 Å². The van der Waals surface area contributed by atoms with Crippen molar-refractivity contribution in [1.29, 1.82) is 0 Å². The molecule has 2 fully saturated rings. The second-order valence-corrected chi connectivity index (χ2v) is 18.8. The van der Waals surface area contributed by atoms with E-state index < -0.39 is 89.8 Å². The molecule has 374 valence electrons. The Morgan fingerprint density at radius 2 is 1.65 bits per heavy atom. The highest BCUT2D eigenvalue weighted by Crippen LogP contribution is 2.37. The molecule has 0 aliphatic carbocycles. The molecule has 2 N–H and O–H groups in total. The van der Waals surface area contributed by atoms with Crippen molar-refractivity contribution in [2.45, 2.75) is 149 Å². The summed E-state index contributed by atoms with van der Waals surface area (Å²) in [6.07, 6.45) is 9.40. The van der Waals surface area contributed by atoms with Crippen LogP contribution in [0.15, 0.2) is 84.7 Å². The van der Waals surface area contributed by atoms with E-state index in [4.69, 9.17) is 23.7 Å². The molecule has 68 heavy (non-hydrogen) atoms. The number of aliphatic hydroxyl groups is 2. The lowest BCUT2D eigenvalue weighted by molar-refractivity contribution is -0.265. The molecule has 4 rings (SSSR count). The third-order valence-corrected chi connectivity index (χ3v) is 13.5. The Balaban J connectivity index is 1.71. The molecular formula is C53H73NO14. The highest BCUT2D eigenvalue weighted by atomic mass is 16.7. The number of carbonyl (C=O) groups excluding carboxylic acids is 6. The maximum atomic E-state index is 14.4. The summed E-state index contributed by atoms with van der Waals surface area (Å²) in [7, 11) is 2.92. The van der Waals surface area contributed by atoms with E-state index in [-0.39, 0.29) is 42.6 Å². The summed E-state index contributed by atoms with van der Waals surface area (Å²) in [6, 6.07) is 5.37. The normalized spacial score (nSPS) is 34.2. The molecule has 2 saturated heterocycles. The van der Waals surface area contributed by atoms with Crippen molar-refractivity contribution in [3.05, 3.63) is 90.3 Å². The van der Waals surface area contributed by atoms with Crippen LogP contribution in [-0.2, 0) is 54.1 Å². The van der Waals surface area contributed by atoms with E-state index >= 15 is 0 Å². The van der Waals surface area contributed by atoms with Gasteiger partial charge in [-0.3, -0.25) is 19.2 Å². The van der Waals surface area contributed by atoms with Gasteiger partial charge in [-0.25, -0.2) is 9.59 Å². The van der Waals surface area contributed by atoms with Crippen LogP contribution >= 0.6 is 0 Å². The van der Waals surface area contributed by atoms with E-state index in [1.807, 2.05) is 51.2 Å². The van der Waals surface area contributed by atoms with E-state index in [9.17, 15) is 39.0 Å². The van der Waals surface area contributed by atoms with E-state index in [2.05, 4.69) is 11.3 Å². The predicted molar refractivity (Wildman–Crippen MR) is 254 cm³/mol. The number of ether oxygens (including phenoxy) is 6. The number of nitrogens with zero attached hydrogens (tertiary/aromatic N) is 1. The number of methoxy groups -OCH3 is 2. The standard InChI is InChI=1S/C53H73NO14/c1-11-65-52(61)66-40-24-21-39(22-25-40)29-35(5)45-31-43(55)34(4)28-37(7)47(57)48(64-10)46(56)36(6)27-32(2)17-13-12-14-18-33(3)44(63-9)30-41-23-20-38(8)53(62,68-41)49(58)50(59)54-26-16-15-19-42(54)51(60)67-45/h11-14,17-18,21-22,24-25,28,32,34-36,38,41-42,44-45,47-48,57,62H,1,15-16,19-20,23,26-27,29-31H2,2-10H3/b14-12+,17-13+,33-18+,37-28+/t32-,34-,35-,36-,38-,41+,42+,44+,45+,47-,48+,53-/m1/s1. The van der Waals surface area contributed by atoms with Crippen molar-refractivity contribution < 1.29 is 67.4 Å². The van der Waals surface area contributed by atoms with Gasteiger partial charge < -0.3 is 43.5 Å². The van der Waals surface area contributed by atoms with Gasteiger partial charge in [0.15, 0.2) is 5.78 Å². The van der Waals surface area contributed by atoms with Crippen molar-refractivity contribution in [2.24, 2.45) is 29.6 Å². The number of rotatable bonds is 7. The fourth-order valence-electron chi connectivity index (χ4n) is 9.16. The molecule has 12 atom stereocenters. The molecule has 1 aromatic rings. The first-order valence-electron chi connectivity index (χ1n) is 23.8. The van der Waals surface area contributed by atoms with Crippen molar-refractivity contribution in [3.63, 3.8) is 0 Å². The third-order valence-electron chi connectivity index (χ3n) is 13.5. The lowest BCUT2D eigenvalue weighted by atomic mass is 9.85. The average Bonchev–Trinajstić information content (AvgIpc) is 3.31. The van der Waals surface area contributed by atoms with Gasteiger partial charge in [-0.2, -0.15) is 0 Å². The monoisotopic (exact) mass is 948 g/mol. The molecule has 0 unspecified atom stereocenters. The van der Waals surface area contributed by atoms with E-state index in [0.717, 1.165) is 22.3 Å². The molecule has 15 nitrogen and oxygen atoms in total. The Kier molecular flexibility index (Phi) is 21.3. The zero-order valence-electron chi connectivity index (χ0n) is 41.2. The summed E-state index contributed by atoms with van der Waals surface area (Å²) < 4.78 is 33.5. The van der Waals surface area contributed by atoms with E-state index in [1.54, 1.807) is 65.1 Å². The van der Waals surface area contributed by atoms with Crippen LogP contribution in [0.1, 0.15) is 105 Å². The fourth-order valence-corrected chi connectivity index (χ4v) is 9.16. The molecule has 0 radical (unpaired) electrons. The molecule has 15 heteroatoms. The van der Waals surface area contributed by atoms with E-state index in [0.29, 0.717) is 50.5 Å². The Morgan fingerprint density at radius 1 is 0.941 bits per heavy atom. The van der Waals surface area contributed by atoms with E-state index in [1.165, 1.54) is 7.11 Å². The van der Waals surface area contributed by atoms with Gasteiger partial charge in [-0.05, 0) is 99.5 Å². The summed E-state index contributed by atoms with van der Waals surface area (Å²) in [5.41, 5.74) is 1.98. The number of hydrogen-bond donors (Lipinski definition) is 2. The van der Waals surface area contributed by atoms with Gasteiger partial charge >= 0.3 is 12.1 Å². The van der Waals surface area contributed by atoms with Crippen LogP contribution in [0.2, 0.25) is 0 Å².